The van der Waals surface area contributed by atoms with Crippen molar-refractivity contribution in [2.45, 2.75) is 43.2 Å². The molecule has 0 bridgehead atoms. The number of aromatic nitrogens is 2. The number of hydrogen-bond donors (Lipinski definition) is 2. The summed E-state index contributed by atoms with van der Waals surface area (Å²) in [7, 11) is 4.07. The van der Waals surface area contributed by atoms with Crippen LogP contribution in [-0.2, 0) is 6.54 Å². The summed E-state index contributed by atoms with van der Waals surface area (Å²) in [6.45, 7) is 2.04. The molecule has 2 N–H and O–H groups in total. The topological polar surface area (TPSA) is 53.1 Å². The number of nitrogens with one attached hydrogen (secondary N) is 2. The van der Waals surface area contributed by atoms with Crippen molar-refractivity contribution in [3.63, 3.8) is 0 Å². The highest BCUT2D eigenvalue weighted by atomic mass is 32.2. The molecule has 2 aromatic carbocycles. The Morgan fingerprint density at radius 3 is 2.48 bits per heavy atom. The molecule has 4 rings (SSSR count). The molecule has 0 spiro atoms. The Labute approximate surface area is 190 Å². The summed E-state index contributed by atoms with van der Waals surface area (Å²) >= 11 is 1.82. The first-order valence-corrected chi connectivity index (χ1v) is 12.4. The number of anilines is 2. The third kappa shape index (κ3) is 5.49. The van der Waals surface area contributed by atoms with E-state index in [2.05, 4.69) is 58.2 Å². The van der Waals surface area contributed by atoms with Crippen molar-refractivity contribution in [1.82, 2.24) is 15.3 Å². The molecule has 164 valence electrons. The standard InChI is InChI=1S/C25H33N5S/c1-30(2)24-21-9-5-6-10-22(21)28-25(29-24)27-20-14-12-18(13-15-20)16-26-17-19-8-4-7-11-23(19)31-3/h4-11,18,20,26H,12-17H2,1-3H3,(H,27,28,29). The van der Waals surface area contributed by atoms with E-state index in [0.717, 1.165) is 41.7 Å². The minimum absolute atomic E-state index is 0.449. The minimum atomic E-state index is 0.449. The molecule has 1 aliphatic carbocycles. The van der Waals surface area contributed by atoms with Gasteiger partial charge in [0.15, 0.2) is 0 Å². The molecule has 0 amide bonds. The van der Waals surface area contributed by atoms with Crippen molar-refractivity contribution < 1.29 is 0 Å². The van der Waals surface area contributed by atoms with Gasteiger partial charge in [-0.15, -0.1) is 11.8 Å². The first-order chi connectivity index (χ1) is 15.1. The molecule has 1 aromatic heterocycles. The molecule has 0 aliphatic heterocycles. The molecular formula is C25H33N5S. The zero-order valence-electron chi connectivity index (χ0n) is 18.8. The smallest absolute Gasteiger partial charge is 0.225 e. The van der Waals surface area contributed by atoms with Crippen LogP contribution in [-0.4, -0.2) is 42.9 Å². The fourth-order valence-electron chi connectivity index (χ4n) is 4.42. The molecule has 6 heteroatoms. The van der Waals surface area contributed by atoms with Gasteiger partial charge in [-0.3, -0.25) is 0 Å². The van der Waals surface area contributed by atoms with E-state index in [-0.39, 0.29) is 0 Å². The SMILES string of the molecule is CSc1ccccc1CNCC1CCC(Nc2nc(N(C)C)c3ccccc3n2)CC1. The summed E-state index contributed by atoms with van der Waals surface area (Å²) in [4.78, 5) is 13.0. The van der Waals surface area contributed by atoms with E-state index in [4.69, 9.17) is 9.97 Å². The van der Waals surface area contributed by atoms with Crippen LogP contribution < -0.4 is 15.5 Å². The zero-order chi connectivity index (χ0) is 21.6. The fourth-order valence-corrected chi connectivity index (χ4v) is 5.04. The number of thioether (sulfide) groups is 1. The summed E-state index contributed by atoms with van der Waals surface area (Å²) in [6.07, 6.45) is 6.96. The molecule has 0 unspecified atom stereocenters. The molecule has 0 saturated heterocycles. The maximum absolute atomic E-state index is 4.80. The van der Waals surface area contributed by atoms with E-state index >= 15 is 0 Å². The molecule has 0 atom stereocenters. The minimum Gasteiger partial charge on any atom is -0.362 e. The average Bonchev–Trinajstić information content (AvgIpc) is 2.80. The van der Waals surface area contributed by atoms with Crippen LogP contribution in [0.3, 0.4) is 0 Å². The molecule has 1 aliphatic rings. The maximum Gasteiger partial charge on any atom is 0.225 e. The monoisotopic (exact) mass is 435 g/mol. The number of benzene rings is 2. The summed E-state index contributed by atoms with van der Waals surface area (Å²) in [5.74, 6) is 2.46. The van der Waals surface area contributed by atoms with Gasteiger partial charge in [0.2, 0.25) is 5.95 Å². The molecule has 1 fully saturated rings. The fraction of sp³-hybridized carbons (Fsp3) is 0.440. The lowest BCUT2D eigenvalue weighted by Crippen LogP contribution is -2.31. The van der Waals surface area contributed by atoms with E-state index < -0.39 is 0 Å². The molecule has 5 nitrogen and oxygen atoms in total. The first-order valence-electron chi connectivity index (χ1n) is 11.2. The van der Waals surface area contributed by atoms with E-state index in [0.29, 0.717) is 6.04 Å². The third-order valence-electron chi connectivity index (χ3n) is 6.13. The van der Waals surface area contributed by atoms with E-state index in [1.165, 1.54) is 36.1 Å². The second-order valence-electron chi connectivity index (χ2n) is 8.59. The highest BCUT2D eigenvalue weighted by molar-refractivity contribution is 7.98. The quantitative estimate of drug-likeness (QED) is 0.476. The Balaban J connectivity index is 1.29. The molecular weight excluding hydrogens is 402 g/mol. The van der Waals surface area contributed by atoms with Crippen LogP contribution in [0.15, 0.2) is 53.4 Å². The Kier molecular flexibility index (Phi) is 7.30. The Bertz CT molecular complexity index is 998. The number of nitrogens with zero attached hydrogens (tertiary/aromatic N) is 3. The number of hydrogen-bond acceptors (Lipinski definition) is 6. The summed E-state index contributed by atoms with van der Waals surface area (Å²) in [6, 6.07) is 17.4. The molecule has 3 aromatic rings. The van der Waals surface area contributed by atoms with Gasteiger partial charge < -0.3 is 15.5 Å². The number of rotatable bonds is 8. The average molecular weight is 436 g/mol. The summed E-state index contributed by atoms with van der Waals surface area (Å²) < 4.78 is 0. The van der Waals surface area contributed by atoms with Crippen molar-refractivity contribution in [3.8, 4) is 0 Å². The Hall–Kier alpha value is -2.31. The number of fused-ring (bicyclic) bond motifs is 1. The lowest BCUT2D eigenvalue weighted by atomic mass is 9.86. The van der Waals surface area contributed by atoms with Crippen LogP contribution in [0.25, 0.3) is 10.9 Å². The lowest BCUT2D eigenvalue weighted by molar-refractivity contribution is 0.323. The van der Waals surface area contributed by atoms with Gasteiger partial charge in [0.1, 0.15) is 5.82 Å². The zero-order valence-corrected chi connectivity index (χ0v) is 19.6. The van der Waals surface area contributed by atoms with Gasteiger partial charge in [-0.2, -0.15) is 4.98 Å². The second kappa shape index (κ2) is 10.3. The van der Waals surface area contributed by atoms with Gasteiger partial charge >= 0.3 is 0 Å². The van der Waals surface area contributed by atoms with Gasteiger partial charge in [0, 0.05) is 37.0 Å². The van der Waals surface area contributed by atoms with Gasteiger partial charge in [-0.05, 0) is 68.2 Å². The van der Waals surface area contributed by atoms with Crippen molar-refractivity contribution in [3.05, 3.63) is 54.1 Å². The molecule has 31 heavy (non-hydrogen) atoms. The Morgan fingerprint density at radius 2 is 1.71 bits per heavy atom. The largest absolute Gasteiger partial charge is 0.362 e. The lowest BCUT2D eigenvalue weighted by Gasteiger charge is -2.29. The molecule has 1 heterocycles. The van der Waals surface area contributed by atoms with Crippen LogP contribution >= 0.6 is 11.8 Å². The molecule has 1 saturated carbocycles. The van der Waals surface area contributed by atoms with Gasteiger partial charge in [-0.25, -0.2) is 4.98 Å². The van der Waals surface area contributed by atoms with E-state index in [1.54, 1.807) is 0 Å². The highest BCUT2D eigenvalue weighted by Crippen LogP contribution is 2.28. The first kappa shape index (κ1) is 21.9. The van der Waals surface area contributed by atoms with Gasteiger partial charge in [-0.1, -0.05) is 30.3 Å². The predicted molar refractivity (Wildman–Crippen MR) is 133 cm³/mol. The number of para-hydroxylation sites is 1. The van der Waals surface area contributed by atoms with Crippen LogP contribution in [0.2, 0.25) is 0 Å². The second-order valence-corrected chi connectivity index (χ2v) is 9.44. The summed E-state index contributed by atoms with van der Waals surface area (Å²) in [5, 5.41) is 8.39. The van der Waals surface area contributed by atoms with Crippen LogP contribution in [0, 0.1) is 5.92 Å². The van der Waals surface area contributed by atoms with E-state index in [1.807, 2.05) is 38.0 Å². The maximum atomic E-state index is 4.80. The van der Waals surface area contributed by atoms with Crippen molar-refractivity contribution >= 4 is 34.4 Å². The third-order valence-corrected chi connectivity index (χ3v) is 6.97. The van der Waals surface area contributed by atoms with E-state index in [9.17, 15) is 0 Å². The Morgan fingerprint density at radius 1 is 0.968 bits per heavy atom. The van der Waals surface area contributed by atoms with Crippen molar-refractivity contribution in [1.29, 1.82) is 0 Å². The normalized spacial score (nSPS) is 18.8. The van der Waals surface area contributed by atoms with Gasteiger partial charge in [0.05, 0.1) is 5.52 Å². The van der Waals surface area contributed by atoms with Crippen LogP contribution in [0.4, 0.5) is 11.8 Å². The van der Waals surface area contributed by atoms with Crippen molar-refractivity contribution in [2.75, 3.05) is 37.1 Å². The van der Waals surface area contributed by atoms with Crippen LogP contribution in [0.5, 0.6) is 0 Å². The highest BCUT2D eigenvalue weighted by Gasteiger charge is 2.22. The summed E-state index contributed by atoms with van der Waals surface area (Å²) in [5.41, 5.74) is 2.39. The van der Waals surface area contributed by atoms with Crippen molar-refractivity contribution in [2.24, 2.45) is 5.92 Å². The van der Waals surface area contributed by atoms with Gasteiger partial charge in [0.25, 0.3) is 0 Å². The molecule has 0 radical (unpaired) electrons. The predicted octanol–water partition coefficient (Wildman–Crippen LogP) is 5.18. The van der Waals surface area contributed by atoms with Crippen LogP contribution in [0.1, 0.15) is 31.2 Å².